The van der Waals surface area contributed by atoms with Gasteiger partial charge in [0.2, 0.25) is 0 Å². The van der Waals surface area contributed by atoms with E-state index in [1.807, 2.05) is 13.8 Å². The lowest BCUT2D eigenvalue weighted by molar-refractivity contribution is 0.381. The third-order valence-electron chi connectivity index (χ3n) is 1.21. The summed E-state index contributed by atoms with van der Waals surface area (Å²) >= 11 is 0. The molecule has 2 nitrogen and oxygen atoms in total. The minimum Gasteiger partial charge on any atom is -0.360 e. The maximum Gasteiger partial charge on any atom is 0.144 e. The molecule has 0 unspecified atom stereocenters. The lowest BCUT2D eigenvalue weighted by Crippen LogP contribution is -1.75. The summed E-state index contributed by atoms with van der Waals surface area (Å²) in [5.41, 5.74) is 0.923. The average molecular weight is 124 g/mol. The molecule has 0 aliphatic carbocycles. The van der Waals surface area contributed by atoms with E-state index in [9.17, 15) is 0 Å². The predicted molar refractivity (Wildman–Crippen MR) is 34.1 cm³/mol. The normalized spacial score (nSPS) is 10.0. The average Bonchev–Trinajstić information content (AvgIpc) is 2.34. The Morgan fingerprint density at radius 1 is 1.44 bits per heavy atom. The maximum absolute atomic E-state index is 4.90. The van der Waals surface area contributed by atoms with E-state index in [1.54, 1.807) is 0 Å². The Morgan fingerprint density at radius 3 is 2.56 bits per heavy atom. The van der Waals surface area contributed by atoms with Crippen molar-refractivity contribution in [2.75, 3.05) is 0 Å². The van der Waals surface area contributed by atoms with Crippen molar-refractivity contribution in [3.8, 4) is 0 Å². The van der Waals surface area contributed by atoms with Gasteiger partial charge in [0.15, 0.2) is 0 Å². The SMILES string of the molecule is CCc1[c]c(CC)on1. The van der Waals surface area contributed by atoms with Gasteiger partial charge >= 0.3 is 0 Å². The molecule has 0 N–H and O–H groups in total. The van der Waals surface area contributed by atoms with Gasteiger partial charge in [-0.05, 0) is 6.42 Å². The Labute approximate surface area is 54.9 Å². The summed E-state index contributed by atoms with van der Waals surface area (Å²) in [6.07, 6.45) is 1.79. The first-order valence-corrected chi connectivity index (χ1v) is 3.23. The van der Waals surface area contributed by atoms with Gasteiger partial charge in [-0.1, -0.05) is 19.0 Å². The molecule has 2 heteroatoms. The molecule has 0 saturated heterocycles. The molecule has 1 rings (SSSR count). The van der Waals surface area contributed by atoms with Crippen LogP contribution in [0.4, 0.5) is 0 Å². The maximum atomic E-state index is 4.90. The molecular weight excluding hydrogens is 114 g/mol. The summed E-state index contributed by atoms with van der Waals surface area (Å²) < 4.78 is 4.90. The van der Waals surface area contributed by atoms with Crippen LogP contribution in [-0.2, 0) is 12.8 Å². The van der Waals surface area contributed by atoms with E-state index in [-0.39, 0.29) is 0 Å². The van der Waals surface area contributed by atoms with E-state index < -0.39 is 0 Å². The first-order chi connectivity index (χ1) is 4.36. The molecular formula is C7H10NO. The largest absolute Gasteiger partial charge is 0.360 e. The molecule has 1 heterocycles. The molecule has 0 bridgehead atoms. The van der Waals surface area contributed by atoms with E-state index in [2.05, 4.69) is 11.2 Å². The second-order valence-corrected chi connectivity index (χ2v) is 1.88. The molecule has 0 saturated carbocycles. The third-order valence-corrected chi connectivity index (χ3v) is 1.21. The van der Waals surface area contributed by atoms with Gasteiger partial charge in [0.1, 0.15) is 5.76 Å². The molecule has 0 aliphatic heterocycles. The number of aromatic nitrogens is 1. The second kappa shape index (κ2) is 2.67. The smallest absolute Gasteiger partial charge is 0.144 e. The lowest BCUT2D eigenvalue weighted by Gasteiger charge is -1.76. The van der Waals surface area contributed by atoms with Crippen molar-refractivity contribution in [3.05, 3.63) is 17.5 Å². The van der Waals surface area contributed by atoms with Crippen molar-refractivity contribution < 1.29 is 4.52 Å². The highest BCUT2D eigenvalue weighted by atomic mass is 16.5. The number of aryl methyl sites for hydroxylation is 2. The summed E-state index contributed by atoms with van der Waals surface area (Å²) in [5, 5.41) is 3.77. The third kappa shape index (κ3) is 1.31. The minimum absolute atomic E-state index is 0.854. The molecule has 0 fully saturated rings. The van der Waals surface area contributed by atoms with Crippen LogP contribution in [0.3, 0.4) is 0 Å². The molecule has 0 aromatic carbocycles. The van der Waals surface area contributed by atoms with E-state index in [1.165, 1.54) is 0 Å². The van der Waals surface area contributed by atoms with Crippen LogP contribution in [0.5, 0.6) is 0 Å². The predicted octanol–water partition coefficient (Wildman–Crippen LogP) is 1.60. The Balaban J connectivity index is 2.74. The van der Waals surface area contributed by atoms with Crippen LogP contribution < -0.4 is 0 Å². The van der Waals surface area contributed by atoms with Crippen LogP contribution in [0.25, 0.3) is 0 Å². The van der Waals surface area contributed by atoms with Crippen LogP contribution in [0.2, 0.25) is 0 Å². The second-order valence-electron chi connectivity index (χ2n) is 1.88. The molecule has 0 aliphatic rings. The van der Waals surface area contributed by atoms with Crippen molar-refractivity contribution >= 4 is 0 Å². The number of rotatable bonds is 2. The van der Waals surface area contributed by atoms with Crippen molar-refractivity contribution in [2.24, 2.45) is 0 Å². The van der Waals surface area contributed by atoms with Gasteiger partial charge in [0.05, 0.1) is 11.8 Å². The monoisotopic (exact) mass is 124 g/mol. The molecule has 0 amide bonds. The Hall–Kier alpha value is -0.790. The topological polar surface area (TPSA) is 26.0 Å². The zero-order valence-electron chi connectivity index (χ0n) is 5.77. The van der Waals surface area contributed by atoms with Crippen molar-refractivity contribution in [1.82, 2.24) is 5.16 Å². The molecule has 1 aromatic heterocycles. The van der Waals surface area contributed by atoms with E-state index in [0.717, 1.165) is 24.3 Å². The van der Waals surface area contributed by atoms with Gasteiger partial charge < -0.3 is 4.52 Å². The van der Waals surface area contributed by atoms with Crippen LogP contribution in [0, 0.1) is 6.07 Å². The fraction of sp³-hybridized carbons (Fsp3) is 0.571. The molecule has 0 atom stereocenters. The van der Waals surface area contributed by atoms with E-state index in [0.29, 0.717) is 0 Å². The summed E-state index contributed by atoms with van der Waals surface area (Å²) in [7, 11) is 0. The quantitative estimate of drug-likeness (QED) is 0.598. The van der Waals surface area contributed by atoms with Gasteiger partial charge in [-0.2, -0.15) is 0 Å². The fourth-order valence-electron chi connectivity index (χ4n) is 0.623. The highest BCUT2D eigenvalue weighted by Crippen LogP contribution is 2.02. The van der Waals surface area contributed by atoms with Crippen molar-refractivity contribution in [2.45, 2.75) is 26.7 Å². The van der Waals surface area contributed by atoms with Crippen molar-refractivity contribution in [1.29, 1.82) is 0 Å². The number of nitrogens with zero attached hydrogens (tertiary/aromatic N) is 1. The van der Waals surface area contributed by atoms with E-state index >= 15 is 0 Å². The molecule has 0 spiro atoms. The summed E-state index contributed by atoms with van der Waals surface area (Å²) in [6, 6.07) is 3.03. The summed E-state index contributed by atoms with van der Waals surface area (Å²) in [6.45, 7) is 4.06. The molecule has 9 heavy (non-hydrogen) atoms. The zero-order valence-corrected chi connectivity index (χ0v) is 5.77. The fourth-order valence-corrected chi connectivity index (χ4v) is 0.623. The zero-order chi connectivity index (χ0) is 6.69. The van der Waals surface area contributed by atoms with Crippen LogP contribution in [0.1, 0.15) is 25.3 Å². The van der Waals surface area contributed by atoms with Gasteiger partial charge in [0.25, 0.3) is 0 Å². The minimum atomic E-state index is 0.854. The van der Waals surface area contributed by atoms with Crippen molar-refractivity contribution in [3.63, 3.8) is 0 Å². The van der Waals surface area contributed by atoms with Crippen LogP contribution in [-0.4, -0.2) is 5.16 Å². The number of hydrogen-bond donors (Lipinski definition) is 0. The summed E-state index contributed by atoms with van der Waals surface area (Å²) in [4.78, 5) is 0. The lowest BCUT2D eigenvalue weighted by atomic mass is 10.3. The van der Waals surface area contributed by atoms with Gasteiger partial charge in [-0.15, -0.1) is 0 Å². The standard InChI is InChI=1S/C7H10NO/c1-3-6-5-7(4-2)9-8-6/h3-4H2,1-2H3. The van der Waals surface area contributed by atoms with Crippen LogP contribution in [0.15, 0.2) is 4.52 Å². The van der Waals surface area contributed by atoms with Crippen LogP contribution >= 0.6 is 0 Å². The first-order valence-electron chi connectivity index (χ1n) is 3.23. The van der Waals surface area contributed by atoms with E-state index in [4.69, 9.17) is 4.52 Å². The first kappa shape index (κ1) is 6.33. The molecule has 49 valence electrons. The Bertz CT molecular complexity index is 162. The highest BCUT2D eigenvalue weighted by molar-refractivity contribution is 5.01. The Kier molecular flexibility index (Phi) is 1.88. The van der Waals surface area contributed by atoms with Gasteiger partial charge in [-0.25, -0.2) is 0 Å². The summed E-state index contributed by atoms with van der Waals surface area (Å²) in [5.74, 6) is 0.854. The van der Waals surface area contributed by atoms with Gasteiger partial charge in [0, 0.05) is 6.42 Å². The Morgan fingerprint density at radius 2 is 2.22 bits per heavy atom. The molecule has 1 aromatic rings. The highest BCUT2D eigenvalue weighted by Gasteiger charge is 1.98. The molecule has 1 radical (unpaired) electrons. The number of hydrogen-bond acceptors (Lipinski definition) is 2. The van der Waals surface area contributed by atoms with Gasteiger partial charge in [-0.3, -0.25) is 0 Å².